The summed E-state index contributed by atoms with van der Waals surface area (Å²) >= 11 is 5.74. The van der Waals surface area contributed by atoms with E-state index >= 15 is 0 Å². The molecule has 0 aliphatic heterocycles. The van der Waals surface area contributed by atoms with Crippen molar-refractivity contribution in [3.63, 3.8) is 0 Å². The van der Waals surface area contributed by atoms with Crippen molar-refractivity contribution in [1.29, 1.82) is 5.26 Å². The van der Waals surface area contributed by atoms with Crippen molar-refractivity contribution in [2.75, 3.05) is 10.6 Å². The predicted molar refractivity (Wildman–Crippen MR) is 89.8 cm³/mol. The Morgan fingerprint density at radius 3 is 2.46 bits per heavy atom. The second kappa shape index (κ2) is 7.62. The van der Waals surface area contributed by atoms with E-state index in [1.54, 1.807) is 6.92 Å². The van der Waals surface area contributed by atoms with Crippen LogP contribution in [0, 0.1) is 17.1 Å². The third-order valence-electron chi connectivity index (χ3n) is 3.37. The number of rotatable bonds is 4. The zero-order valence-corrected chi connectivity index (χ0v) is 14.1. The molecule has 0 unspecified atom stereocenters. The highest BCUT2D eigenvalue weighted by Crippen LogP contribution is 2.38. The number of halogens is 5. The molecule has 0 fully saturated rings. The van der Waals surface area contributed by atoms with Gasteiger partial charge in [0, 0.05) is 11.4 Å². The summed E-state index contributed by atoms with van der Waals surface area (Å²) in [5.41, 5.74) is -2.04. The molecular weight excluding hydrogens is 374 g/mol. The third kappa shape index (κ3) is 4.43. The Morgan fingerprint density at radius 2 is 1.88 bits per heavy atom. The van der Waals surface area contributed by atoms with Gasteiger partial charge in [-0.25, -0.2) is 4.39 Å². The average Bonchev–Trinajstić information content (AvgIpc) is 2.56. The van der Waals surface area contributed by atoms with Crippen molar-refractivity contribution in [2.45, 2.75) is 19.5 Å². The van der Waals surface area contributed by atoms with E-state index in [0.29, 0.717) is 6.07 Å². The Labute approximate surface area is 151 Å². The molecule has 2 N–H and O–H groups in total. The van der Waals surface area contributed by atoms with Crippen LogP contribution in [0.5, 0.6) is 0 Å². The maximum absolute atomic E-state index is 13.6. The first kappa shape index (κ1) is 19.5. The molecule has 1 amide bonds. The van der Waals surface area contributed by atoms with Crippen LogP contribution in [-0.4, -0.2) is 5.91 Å². The number of carbonyl (C=O) groups excluding carboxylic acids is 1. The van der Waals surface area contributed by atoms with Crippen molar-refractivity contribution in [2.24, 2.45) is 0 Å². The summed E-state index contributed by atoms with van der Waals surface area (Å²) in [5, 5.41) is 14.0. The number of nitrogens with one attached hydrogen (secondary N) is 2. The second-order valence-corrected chi connectivity index (χ2v) is 5.64. The van der Waals surface area contributed by atoms with Gasteiger partial charge in [-0.15, -0.1) is 0 Å². The first-order chi connectivity index (χ1) is 12.2. The monoisotopic (exact) mass is 385 g/mol. The molecule has 0 heterocycles. The molecule has 136 valence electrons. The van der Waals surface area contributed by atoms with Gasteiger partial charge in [0.1, 0.15) is 11.9 Å². The minimum Gasteiger partial charge on any atom is -0.353 e. The Balaban J connectivity index is 2.56. The summed E-state index contributed by atoms with van der Waals surface area (Å²) in [7, 11) is 0. The number of carbonyl (C=O) groups is 1. The van der Waals surface area contributed by atoms with Gasteiger partial charge in [0.15, 0.2) is 0 Å². The quantitative estimate of drug-likeness (QED) is 0.687. The number of amides is 1. The zero-order chi connectivity index (χ0) is 19.5. The number of hydrogen-bond donors (Lipinski definition) is 2. The van der Waals surface area contributed by atoms with Crippen LogP contribution in [0.25, 0.3) is 0 Å². The number of alkyl halides is 3. The lowest BCUT2D eigenvalue weighted by Crippen LogP contribution is -2.12. The van der Waals surface area contributed by atoms with Gasteiger partial charge in [0.2, 0.25) is 5.91 Å². The van der Waals surface area contributed by atoms with Gasteiger partial charge in [-0.1, -0.05) is 18.5 Å². The maximum Gasteiger partial charge on any atom is 0.417 e. The van der Waals surface area contributed by atoms with Crippen LogP contribution in [-0.2, 0) is 11.0 Å². The number of benzene rings is 2. The second-order valence-electron chi connectivity index (χ2n) is 5.20. The van der Waals surface area contributed by atoms with Crippen LogP contribution >= 0.6 is 11.6 Å². The van der Waals surface area contributed by atoms with Crippen LogP contribution in [0.15, 0.2) is 30.3 Å². The van der Waals surface area contributed by atoms with E-state index in [4.69, 9.17) is 16.9 Å². The molecule has 2 aromatic carbocycles. The van der Waals surface area contributed by atoms with E-state index in [1.807, 2.05) is 0 Å². The van der Waals surface area contributed by atoms with E-state index in [1.165, 1.54) is 12.1 Å². The van der Waals surface area contributed by atoms with Crippen molar-refractivity contribution < 1.29 is 22.4 Å². The van der Waals surface area contributed by atoms with Gasteiger partial charge < -0.3 is 10.6 Å². The Morgan fingerprint density at radius 1 is 1.19 bits per heavy atom. The molecule has 2 rings (SSSR count). The Bertz CT molecular complexity index is 891. The predicted octanol–water partition coefficient (Wildman–Crippen LogP) is 5.46. The first-order valence-corrected chi connectivity index (χ1v) is 7.70. The van der Waals surface area contributed by atoms with Gasteiger partial charge in [-0.3, -0.25) is 4.79 Å². The SMILES string of the molecule is CCC(=O)Nc1ccc(F)cc1Nc1cc(Cl)cc(C(F)(F)F)c1C#N. The topological polar surface area (TPSA) is 64.9 Å². The fourth-order valence-corrected chi connectivity index (χ4v) is 2.38. The largest absolute Gasteiger partial charge is 0.417 e. The molecule has 0 bridgehead atoms. The fraction of sp³-hybridized carbons (Fsp3) is 0.176. The van der Waals surface area contributed by atoms with Gasteiger partial charge in [0.05, 0.1) is 28.2 Å². The Kier molecular flexibility index (Phi) is 5.73. The zero-order valence-electron chi connectivity index (χ0n) is 13.3. The number of nitrogens with zero attached hydrogens (tertiary/aromatic N) is 1. The lowest BCUT2D eigenvalue weighted by Gasteiger charge is -2.17. The number of hydrogen-bond acceptors (Lipinski definition) is 3. The first-order valence-electron chi connectivity index (χ1n) is 7.33. The molecule has 0 radical (unpaired) electrons. The van der Waals surface area contributed by atoms with Crippen molar-refractivity contribution >= 4 is 34.6 Å². The fourth-order valence-electron chi connectivity index (χ4n) is 2.16. The standard InChI is InChI=1S/C17H12ClF4N3O/c1-2-16(26)25-13-4-3-10(19)7-15(13)24-14-6-9(18)5-12(11(14)8-23)17(20,21)22/h3-7,24H,2H2,1H3,(H,25,26). The van der Waals surface area contributed by atoms with E-state index in [0.717, 1.165) is 18.2 Å². The summed E-state index contributed by atoms with van der Waals surface area (Å²) in [6.45, 7) is 1.60. The molecule has 2 aromatic rings. The maximum atomic E-state index is 13.6. The molecule has 0 aromatic heterocycles. The summed E-state index contributed by atoms with van der Waals surface area (Å²) in [4.78, 5) is 11.6. The molecule has 0 aliphatic rings. The summed E-state index contributed by atoms with van der Waals surface area (Å²) in [6.07, 6.45) is -4.65. The smallest absolute Gasteiger partial charge is 0.353 e. The van der Waals surface area contributed by atoms with Crippen LogP contribution in [0.3, 0.4) is 0 Å². The van der Waals surface area contributed by atoms with Crippen molar-refractivity contribution in [3.8, 4) is 6.07 Å². The Hall–Kier alpha value is -2.79. The van der Waals surface area contributed by atoms with Crippen LogP contribution in [0.1, 0.15) is 24.5 Å². The van der Waals surface area contributed by atoms with E-state index < -0.39 is 23.1 Å². The van der Waals surface area contributed by atoms with Gasteiger partial charge in [0.25, 0.3) is 0 Å². The van der Waals surface area contributed by atoms with E-state index in [9.17, 15) is 22.4 Å². The molecule has 9 heteroatoms. The highest BCUT2D eigenvalue weighted by molar-refractivity contribution is 6.31. The summed E-state index contributed by atoms with van der Waals surface area (Å²) < 4.78 is 53.0. The van der Waals surface area contributed by atoms with E-state index in [2.05, 4.69) is 10.6 Å². The molecule has 0 atom stereocenters. The van der Waals surface area contributed by atoms with Gasteiger partial charge in [-0.2, -0.15) is 18.4 Å². The molecule has 0 aliphatic carbocycles. The van der Waals surface area contributed by atoms with Crippen LogP contribution in [0.2, 0.25) is 5.02 Å². The lowest BCUT2D eigenvalue weighted by molar-refractivity contribution is -0.137. The van der Waals surface area contributed by atoms with Gasteiger partial charge >= 0.3 is 6.18 Å². The van der Waals surface area contributed by atoms with Crippen molar-refractivity contribution in [3.05, 3.63) is 52.3 Å². The molecule has 4 nitrogen and oxygen atoms in total. The van der Waals surface area contributed by atoms with Crippen LogP contribution < -0.4 is 10.6 Å². The summed E-state index contributed by atoms with van der Waals surface area (Å²) in [5.74, 6) is -1.05. The van der Waals surface area contributed by atoms with Crippen LogP contribution in [0.4, 0.5) is 34.6 Å². The third-order valence-corrected chi connectivity index (χ3v) is 3.58. The van der Waals surface area contributed by atoms with Crippen molar-refractivity contribution in [1.82, 2.24) is 0 Å². The summed E-state index contributed by atoms with van der Waals surface area (Å²) in [6, 6.07) is 6.56. The highest BCUT2D eigenvalue weighted by Gasteiger charge is 2.35. The minimum absolute atomic E-state index is 0.0151. The lowest BCUT2D eigenvalue weighted by atomic mass is 10.1. The molecule has 0 saturated carbocycles. The normalized spacial score (nSPS) is 11.0. The highest BCUT2D eigenvalue weighted by atomic mass is 35.5. The van der Waals surface area contributed by atoms with E-state index in [-0.39, 0.29) is 34.4 Å². The molecule has 0 saturated heterocycles. The number of anilines is 3. The average molecular weight is 386 g/mol. The molecule has 26 heavy (non-hydrogen) atoms. The number of nitriles is 1. The molecular formula is C17H12ClF4N3O. The van der Waals surface area contributed by atoms with Gasteiger partial charge in [-0.05, 0) is 30.3 Å². The minimum atomic E-state index is -4.80. The molecule has 0 spiro atoms.